The Hall–Kier alpha value is -1.24. The number of oxime groups is 1. The lowest BCUT2D eigenvalue weighted by atomic mass is 9.92. The molecule has 0 aliphatic carbocycles. The molecule has 0 spiro atoms. The molecule has 1 atom stereocenters. The van der Waals surface area contributed by atoms with Crippen molar-refractivity contribution in [1.82, 2.24) is 4.90 Å². The van der Waals surface area contributed by atoms with Crippen molar-refractivity contribution in [3.05, 3.63) is 34.3 Å². The van der Waals surface area contributed by atoms with Gasteiger partial charge in [0.05, 0.1) is 12.1 Å². The maximum atomic E-state index is 5.84. The van der Waals surface area contributed by atoms with Crippen molar-refractivity contribution in [3.8, 4) is 0 Å². The second-order valence-electron chi connectivity index (χ2n) is 7.96. The quantitative estimate of drug-likeness (QED) is 0.113. The fourth-order valence-corrected chi connectivity index (χ4v) is 3.62. The molecule has 1 aromatic carbocycles. The number of benzene rings is 1. The highest BCUT2D eigenvalue weighted by Gasteiger charge is 2.22. The lowest BCUT2D eigenvalue weighted by molar-refractivity contribution is -0.0177. The molecular weight excluding hydrogens is 442 g/mol. The molecule has 0 fully saturated rings. The topological polar surface area (TPSA) is 46.4 Å². The second-order valence-corrected chi connectivity index (χ2v) is 8.88. The zero-order valence-electron chi connectivity index (χ0n) is 19.3. The molecule has 0 aliphatic rings. The van der Waals surface area contributed by atoms with Gasteiger partial charge in [-0.05, 0) is 51.6 Å². The molecule has 1 unspecified atom stereocenters. The van der Waals surface area contributed by atoms with E-state index in [4.69, 9.17) is 9.57 Å². The number of hydrogen-bond acceptors (Lipinski definition) is 5. The summed E-state index contributed by atoms with van der Waals surface area (Å²) in [6.45, 7) is 13.0. The van der Waals surface area contributed by atoms with Crippen molar-refractivity contribution < 1.29 is 9.57 Å². The molecule has 5 nitrogen and oxygen atoms in total. The number of nitrogens with zero attached hydrogens (tertiary/aromatic N) is 3. The minimum Gasteiger partial charge on any atom is -0.379 e. The van der Waals surface area contributed by atoms with Gasteiger partial charge in [0.1, 0.15) is 5.71 Å². The molecule has 0 amide bonds. The molecule has 0 N–H and O–H groups in total. The summed E-state index contributed by atoms with van der Waals surface area (Å²) in [5.74, 6) is 0. The van der Waals surface area contributed by atoms with Crippen molar-refractivity contribution in [3.63, 3.8) is 0 Å². The van der Waals surface area contributed by atoms with Crippen LogP contribution in [0, 0.1) is 0 Å². The summed E-state index contributed by atoms with van der Waals surface area (Å²) in [4.78, 5) is 11.9. The first-order chi connectivity index (χ1) is 14.5. The Kier molecular flexibility index (Phi) is 13.9. The third kappa shape index (κ3) is 10.7. The molecule has 1 rings (SSSR count). The van der Waals surface area contributed by atoms with Crippen LogP contribution in [0.3, 0.4) is 0 Å². The maximum Gasteiger partial charge on any atom is 0.170 e. The fourth-order valence-electron chi connectivity index (χ4n) is 3.35. The summed E-state index contributed by atoms with van der Waals surface area (Å²) >= 11 is 3.46. The molecule has 30 heavy (non-hydrogen) atoms. The highest BCUT2D eigenvalue weighted by molar-refractivity contribution is 9.10. The van der Waals surface area contributed by atoms with Gasteiger partial charge in [-0.15, -0.1) is 0 Å². The monoisotopic (exact) mass is 481 g/mol. The number of methoxy groups -OCH3 is 1. The van der Waals surface area contributed by atoms with Crippen LogP contribution in [0.4, 0.5) is 0 Å². The first-order valence-corrected chi connectivity index (χ1v) is 11.9. The van der Waals surface area contributed by atoms with Crippen LogP contribution in [0.1, 0.15) is 71.3 Å². The molecule has 0 saturated heterocycles. The molecule has 6 heteroatoms. The standard InChI is InChI=1S/C24H40BrN3O2/c1-6-8-9-10-16-24(3,29-5)17-11-18-28(7-2)20-30-27-23(19-26-4)21-12-14-22(25)15-13-21/h12-15H,4,6-11,16-20H2,1-3,5H3/b27-23+. The van der Waals surface area contributed by atoms with Crippen LogP contribution in [0.2, 0.25) is 0 Å². The summed E-state index contributed by atoms with van der Waals surface area (Å²) in [5, 5.41) is 4.33. The highest BCUT2D eigenvalue weighted by Crippen LogP contribution is 2.24. The Bertz CT molecular complexity index is 621. The fraction of sp³-hybridized carbons (Fsp3) is 0.667. The molecule has 0 aliphatic heterocycles. The molecule has 0 heterocycles. The lowest BCUT2D eigenvalue weighted by Gasteiger charge is -2.29. The smallest absolute Gasteiger partial charge is 0.170 e. The van der Waals surface area contributed by atoms with E-state index in [-0.39, 0.29) is 5.60 Å². The molecule has 170 valence electrons. The Morgan fingerprint density at radius 2 is 1.80 bits per heavy atom. The SMILES string of the molecule is C=NC/C(=N\OCN(CC)CCCC(C)(CCCCCC)OC)c1ccc(Br)cc1. The van der Waals surface area contributed by atoms with Crippen LogP contribution in [0.5, 0.6) is 0 Å². The van der Waals surface area contributed by atoms with E-state index in [9.17, 15) is 0 Å². The number of unbranched alkanes of at least 4 members (excludes halogenated alkanes) is 3. The van der Waals surface area contributed by atoms with Crippen LogP contribution in [0.15, 0.2) is 38.9 Å². The van der Waals surface area contributed by atoms with Gasteiger partial charge in [0, 0.05) is 23.7 Å². The van der Waals surface area contributed by atoms with Gasteiger partial charge in [-0.3, -0.25) is 9.89 Å². The highest BCUT2D eigenvalue weighted by atomic mass is 79.9. The maximum absolute atomic E-state index is 5.84. The second kappa shape index (κ2) is 15.5. The van der Waals surface area contributed by atoms with Gasteiger partial charge >= 0.3 is 0 Å². The minimum absolute atomic E-state index is 0.0312. The van der Waals surface area contributed by atoms with Crippen molar-refractivity contribution in [1.29, 1.82) is 0 Å². The molecule has 0 bridgehead atoms. The Morgan fingerprint density at radius 3 is 2.40 bits per heavy atom. The van der Waals surface area contributed by atoms with Crippen LogP contribution < -0.4 is 0 Å². The van der Waals surface area contributed by atoms with Crippen molar-refractivity contribution in [2.45, 2.75) is 71.3 Å². The van der Waals surface area contributed by atoms with Gasteiger partial charge in [-0.1, -0.05) is 72.7 Å². The van der Waals surface area contributed by atoms with Gasteiger partial charge < -0.3 is 9.57 Å². The van der Waals surface area contributed by atoms with Crippen LogP contribution in [0.25, 0.3) is 0 Å². The van der Waals surface area contributed by atoms with Gasteiger partial charge in [-0.2, -0.15) is 0 Å². The number of aliphatic imine (C=N–C) groups is 1. The summed E-state index contributed by atoms with van der Waals surface area (Å²) in [6.07, 6.45) is 8.37. The van der Waals surface area contributed by atoms with E-state index in [1.54, 1.807) is 0 Å². The molecule has 0 radical (unpaired) electrons. The van der Waals surface area contributed by atoms with E-state index in [2.05, 4.69) is 58.5 Å². The summed E-state index contributed by atoms with van der Waals surface area (Å²) < 4.78 is 6.87. The number of rotatable bonds is 17. The zero-order chi connectivity index (χ0) is 22.2. The zero-order valence-corrected chi connectivity index (χ0v) is 20.9. The molecular formula is C24H40BrN3O2. The Labute approximate surface area is 192 Å². The van der Waals surface area contributed by atoms with Gasteiger partial charge in [0.15, 0.2) is 6.73 Å². The van der Waals surface area contributed by atoms with Gasteiger partial charge in [0.2, 0.25) is 0 Å². The summed E-state index contributed by atoms with van der Waals surface area (Å²) in [6, 6.07) is 7.98. The number of halogens is 1. The minimum atomic E-state index is -0.0312. The van der Waals surface area contributed by atoms with Crippen molar-refractivity contribution in [2.24, 2.45) is 10.1 Å². The van der Waals surface area contributed by atoms with Crippen LogP contribution >= 0.6 is 15.9 Å². The average Bonchev–Trinajstić information content (AvgIpc) is 2.75. The van der Waals surface area contributed by atoms with E-state index in [0.717, 1.165) is 48.1 Å². The number of hydrogen-bond donors (Lipinski definition) is 0. The predicted molar refractivity (Wildman–Crippen MR) is 132 cm³/mol. The van der Waals surface area contributed by atoms with Crippen molar-refractivity contribution >= 4 is 28.4 Å². The Morgan fingerprint density at radius 1 is 1.10 bits per heavy atom. The largest absolute Gasteiger partial charge is 0.379 e. The van der Waals surface area contributed by atoms with Gasteiger partial charge in [-0.25, -0.2) is 0 Å². The van der Waals surface area contributed by atoms with E-state index in [1.807, 2.05) is 31.4 Å². The molecule has 1 aromatic rings. The summed E-state index contributed by atoms with van der Waals surface area (Å²) in [5.41, 5.74) is 1.75. The number of ether oxygens (including phenoxy) is 1. The summed E-state index contributed by atoms with van der Waals surface area (Å²) in [7, 11) is 1.84. The molecule has 0 saturated carbocycles. The normalized spacial score (nSPS) is 14.0. The predicted octanol–water partition coefficient (Wildman–Crippen LogP) is 6.31. The first-order valence-electron chi connectivity index (χ1n) is 11.1. The third-order valence-electron chi connectivity index (χ3n) is 5.53. The molecule has 0 aromatic heterocycles. The van der Waals surface area contributed by atoms with E-state index in [0.29, 0.717) is 13.3 Å². The first kappa shape index (κ1) is 26.8. The van der Waals surface area contributed by atoms with Gasteiger partial charge in [0.25, 0.3) is 0 Å². The van der Waals surface area contributed by atoms with Crippen LogP contribution in [-0.4, -0.2) is 56.4 Å². The van der Waals surface area contributed by atoms with E-state index in [1.165, 1.54) is 25.7 Å². The van der Waals surface area contributed by atoms with E-state index >= 15 is 0 Å². The average molecular weight is 483 g/mol. The lowest BCUT2D eigenvalue weighted by Crippen LogP contribution is -2.31. The van der Waals surface area contributed by atoms with Crippen LogP contribution in [-0.2, 0) is 9.57 Å². The third-order valence-corrected chi connectivity index (χ3v) is 6.06. The Balaban J connectivity index is 2.49. The van der Waals surface area contributed by atoms with Crippen molar-refractivity contribution in [2.75, 3.05) is 33.5 Å². The van der Waals surface area contributed by atoms with E-state index < -0.39 is 0 Å².